The molecule has 5 atom stereocenters. The van der Waals surface area contributed by atoms with Crippen molar-refractivity contribution >= 4 is 0 Å². The molecule has 13 heavy (non-hydrogen) atoms. The minimum atomic E-state index is 0.429. The van der Waals surface area contributed by atoms with Crippen LogP contribution in [-0.2, 0) is 4.74 Å². The van der Waals surface area contributed by atoms with Gasteiger partial charge in [-0.15, -0.1) is 0 Å². The van der Waals surface area contributed by atoms with Crippen LogP contribution in [0.5, 0.6) is 0 Å². The van der Waals surface area contributed by atoms with E-state index in [1.54, 1.807) is 0 Å². The van der Waals surface area contributed by atoms with Crippen LogP contribution in [0.25, 0.3) is 0 Å². The zero-order chi connectivity index (χ0) is 10.2. The predicted octanol–water partition coefficient (Wildman–Crippen LogP) is 3.34. The highest BCUT2D eigenvalue weighted by molar-refractivity contribution is 4.85. The van der Waals surface area contributed by atoms with E-state index in [9.17, 15) is 0 Å². The van der Waals surface area contributed by atoms with E-state index in [0.717, 1.165) is 5.92 Å². The largest absolute Gasteiger partial charge is 0.374 e. The molecule has 0 spiro atoms. The SMILES string of the molecule is CC(C)[C@@H]1O[C@H](C)[C@H](C)[C@H](C)[C@H]1C. The van der Waals surface area contributed by atoms with Crippen LogP contribution in [0.4, 0.5) is 0 Å². The fourth-order valence-electron chi connectivity index (χ4n) is 2.47. The Labute approximate surface area is 82.9 Å². The molecular formula is C12H24O. The fraction of sp³-hybridized carbons (Fsp3) is 1.00. The number of rotatable bonds is 1. The molecule has 0 N–H and O–H groups in total. The summed E-state index contributed by atoms with van der Waals surface area (Å²) >= 11 is 0. The van der Waals surface area contributed by atoms with Crippen LogP contribution >= 0.6 is 0 Å². The first kappa shape index (κ1) is 11.0. The van der Waals surface area contributed by atoms with Gasteiger partial charge in [0.2, 0.25) is 0 Å². The van der Waals surface area contributed by atoms with Gasteiger partial charge in [0.25, 0.3) is 0 Å². The average Bonchev–Trinajstić information content (AvgIpc) is 2.07. The maximum Gasteiger partial charge on any atom is 0.0629 e. The number of hydrogen-bond acceptors (Lipinski definition) is 1. The summed E-state index contributed by atoms with van der Waals surface area (Å²) in [5, 5.41) is 0. The van der Waals surface area contributed by atoms with Gasteiger partial charge in [0, 0.05) is 0 Å². The van der Waals surface area contributed by atoms with Crippen LogP contribution in [0.15, 0.2) is 0 Å². The molecule has 0 aromatic carbocycles. The van der Waals surface area contributed by atoms with Crippen molar-refractivity contribution in [3.05, 3.63) is 0 Å². The van der Waals surface area contributed by atoms with Crippen molar-refractivity contribution in [3.63, 3.8) is 0 Å². The van der Waals surface area contributed by atoms with Gasteiger partial charge in [-0.2, -0.15) is 0 Å². The molecule has 0 aromatic heterocycles. The van der Waals surface area contributed by atoms with E-state index in [4.69, 9.17) is 4.74 Å². The highest BCUT2D eigenvalue weighted by Gasteiger charge is 2.37. The van der Waals surface area contributed by atoms with Crippen molar-refractivity contribution in [2.45, 2.75) is 53.8 Å². The van der Waals surface area contributed by atoms with E-state index in [1.165, 1.54) is 0 Å². The molecule has 1 heterocycles. The van der Waals surface area contributed by atoms with Crippen LogP contribution in [0, 0.1) is 23.7 Å². The maximum absolute atomic E-state index is 6.04. The molecule has 1 fully saturated rings. The summed E-state index contributed by atoms with van der Waals surface area (Å²) in [6.45, 7) is 13.7. The summed E-state index contributed by atoms with van der Waals surface area (Å²) in [5.74, 6) is 2.83. The van der Waals surface area contributed by atoms with E-state index in [2.05, 4.69) is 41.5 Å². The zero-order valence-corrected chi connectivity index (χ0v) is 9.87. The Morgan fingerprint density at radius 3 is 1.85 bits per heavy atom. The Bertz CT molecular complexity index is 165. The topological polar surface area (TPSA) is 9.23 Å². The molecule has 0 bridgehead atoms. The predicted molar refractivity (Wildman–Crippen MR) is 56.7 cm³/mol. The molecule has 1 aliphatic heterocycles. The second-order valence-electron chi connectivity index (χ2n) is 5.13. The Balaban J connectivity index is 2.70. The van der Waals surface area contributed by atoms with Gasteiger partial charge in [0.1, 0.15) is 0 Å². The smallest absolute Gasteiger partial charge is 0.0629 e. The van der Waals surface area contributed by atoms with E-state index in [-0.39, 0.29) is 0 Å². The normalized spacial score (nSPS) is 46.8. The monoisotopic (exact) mass is 184 g/mol. The standard InChI is InChI=1S/C12H24O/c1-7(2)12-10(5)8(3)9(4)11(6)13-12/h7-12H,1-6H3/t8-,9+,10+,11+,12-/m0/s1. The van der Waals surface area contributed by atoms with Crippen LogP contribution in [0.3, 0.4) is 0 Å². The summed E-state index contributed by atoms with van der Waals surface area (Å²) in [4.78, 5) is 0. The van der Waals surface area contributed by atoms with Gasteiger partial charge in [-0.25, -0.2) is 0 Å². The van der Waals surface area contributed by atoms with E-state index >= 15 is 0 Å². The van der Waals surface area contributed by atoms with Gasteiger partial charge in [0.05, 0.1) is 12.2 Å². The molecule has 0 unspecified atom stereocenters. The van der Waals surface area contributed by atoms with Gasteiger partial charge < -0.3 is 4.74 Å². The van der Waals surface area contributed by atoms with E-state index in [1.807, 2.05) is 0 Å². The quantitative estimate of drug-likeness (QED) is 0.607. The summed E-state index contributed by atoms with van der Waals surface area (Å²) in [6.07, 6.45) is 0.889. The van der Waals surface area contributed by atoms with Crippen molar-refractivity contribution in [1.82, 2.24) is 0 Å². The second-order valence-corrected chi connectivity index (χ2v) is 5.13. The highest BCUT2D eigenvalue weighted by atomic mass is 16.5. The first-order valence-corrected chi connectivity index (χ1v) is 5.60. The van der Waals surface area contributed by atoms with E-state index < -0.39 is 0 Å². The van der Waals surface area contributed by atoms with Crippen LogP contribution in [-0.4, -0.2) is 12.2 Å². The Morgan fingerprint density at radius 2 is 1.38 bits per heavy atom. The lowest BCUT2D eigenvalue weighted by Gasteiger charge is -2.44. The zero-order valence-electron chi connectivity index (χ0n) is 9.87. The fourth-order valence-corrected chi connectivity index (χ4v) is 2.47. The molecule has 0 aromatic rings. The average molecular weight is 184 g/mol. The third kappa shape index (κ3) is 2.07. The minimum Gasteiger partial charge on any atom is -0.374 e. The Morgan fingerprint density at radius 1 is 0.846 bits per heavy atom. The molecule has 0 aliphatic carbocycles. The first-order chi connectivity index (χ1) is 5.95. The molecule has 1 nitrogen and oxygen atoms in total. The lowest BCUT2D eigenvalue weighted by Crippen LogP contribution is -2.45. The Hall–Kier alpha value is -0.0400. The summed E-state index contributed by atoms with van der Waals surface area (Å²) < 4.78 is 6.04. The summed E-state index contributed by atoms with van der Waals surface area (Å²) in [7, 11) is 0. The summed E-state index contributed by atoms with van der Waals surface area (Å²) in [5.41, 5.74) is 0. The number of hydrogen-bond donors (Lipinski definition) is 0. The van der Waals surface area contributed by atoms with Crippen LogP contribution in [0.2, 0.25) is 0 Å². The molecule has 1 rings (SSSR count). The highest BCUT2D eigenvalue weighted by Crippen LogP contribution is 2.37. The van der Waals surface area contributed by atoms with Crippen molar-refractivity contribution < 1.29 is 4.74 Å². The third-order valence-electron chi connectivity index (χ3n) is 3.95. The van der Waals surface area contributed by atoms with Crippen LogP contribution < -0.4 is 0 Å². The summed E-state index contributed by atoms with van der Waals surface area (Å²) in [6, 6.07) is 0. The molecule has 1 saturated heterocycles. The molecule has 0 amide bonds. The van der Waals surface area contributed by atoms with Gasteiger partial charge in [-0.05, 0) is 30.6 Å². The third-order valence-corrected chi connectivity index (χ3v) is 3.95. The van der Waals surface area contributed by atoms with Crippen molar-refractivity contribution in [2.24, 2.45) is 23.7 Å². The van der Waals surface area contributed by atoms with Crippen molar-refractivity contribution in [2.75, 3.05) is 0 Å². The number of ether oxygens (including phenoxy) is 1. The molecule has 0 radical (unpaired) electrons. The van der Waals surface area contributed by atoms with Gasteiger partial charge >= 0.3 is 0 Å². The molecular weight excluding hydrogens is 160 g/mol. The second kappa shape index (κ2) is 4.00. The lowest BCUT2D eigenvalue weighted by molar-refractivity contribution is -0.141. The van der Waals surface area contributed by atoms with Crippen molar-refractivity contribution in [3.8, 4) is 0 Å². The first-order valence-electron chi connectivity index (χ1n) is 5.60. The van der Waals surface area contributed by atoms with Gasteiger partial charge in [-0.3, -0.25) is 0 Å². The Kier molecular flexibility index (Phi) is 3.39. The van der Waals surface area contributed by atoms with Gasteiger partial charge in [-0.1, -0.05) is 34.6 Å². The van der Waals surface area contributed by atoms with E-state index in [0.29, 0.717) is 30.0 Å². The minimum absolute atomic E-state index is 0.429. The maximum atomic E-state index is 6.04. The molecule has 1 heteroatoms. The van der Waals surface area contributed by atoms with Crippen molar-refractivity contribution in [1.29, 1.82) is 0 Å². The molecule has 78 valence electrons. The molecule has 1 aliphatic rings. The van der Waals surface area contributed by atoms with Gasteiger partial charge in [0.15, 0.2) is 0 Å². The molecule has 0 saturated carbocycles. The lowest BCUT2D eigenvalue weighted by atomic mass is 9.74. The van der Waals surface area contributed by atoms with Crippen LogP contribution in [0.1, 0.15) is 41.5 Å².